The van der Waals surface area contributed by atoms with Gasteiger partial charge in [0.1, 0.15) is 11.9 Å². The van der Waals surface area contributed by atoms with Gasteiger partial charge in [0.15, 0.2) is 12.0 Å². The number of phenols is 1. The molecular weight excluding hydrogens is 429 g/mol. The fraction of sp³-hybridized carbons (Fsp3) is 0.435. The number of aryl methyl sites for hydroxylation is 1. The zero-order valence-electron chi connectivity index (χ0n) is 18.6. The molecule has 0 radical (unpaired) electrons. The van der Waals surface area contributed by atoms with Crippen LogP contribution in [0.4, 0.5) is 4.39 Å². The van der Waals surface area contributed by atoms with Gasteiger partial charge in [-0.25, -0.2) is 9.07 Å². The molecule has 2 fully saturated rings. The lowest BCUT2D eigenvalue weighted by Gasteiger charge is -2.44. The van der Waals surface area contributed by atoms with E-state index in [0.717, 1.165) is 11.4 Å². The molecule has 5 rings (SSSR count). The number of aromatic hydroxyl groups is 1. The first kappa shape index (κ1) is 21.7. The fourth-order valence-electron chi connectivity index (χ4n) is 4.92. The van der Waals surface area contributed by atoms with Crippen LogP contribution in [0.3, 0.4) is 0 Å². The summed E-state index contributed by atoms with van der Waals surface area (Å²) in [6.45, 7) is 2.49. The van der Waals surface area contributed by atoms with Gasteiger partial charge in [-0.1, -0.05) is 0 Å². The van der Waals surface area contributed by atoms with Gasteiger partial charge in [0, 0.05) is 50.6 Å². The van der Waals surface area contributed by atoms with E-state index >= 15 is 4.39 Å². The Morgan fingerprint density at radius 1 is 1.15 bits per heavy atom. The normalized spacial score (nSPS) is 25.8. The minimum absolute atomic E-state index is 0.0456. The second-order valence-corrected chi connectivity index (χ2v) is 8.41. The molecule has 0 amide bonds. The van der Waals surface area contributed by atoms with Crippen molar-refractivity contribution < 1.29 is 23.7 Å². The summed E-state index contributed by atoms with van der Waals surface area (Å²) in [6, 6.07) is 9.78. The van der Waals surface area contributed by atoms with Gasteiger partial charge in [0.25, 0.3) is 0 Å². The Balaban J connectivity index is 1.31. The fourth-order valence-corrected chi connectivity index (χ4v) is 4.92. The molecule has 4 atom stereocenters. The maximum Gasteiger partial charge on any atom is 0.233 e. The van der Waals surface area contributed by atoms with E-state index < -0.39 is 24.1 Å². The smallest absolute Gasteiger partial charge is 0.233 e. The number of halogens is 1. The molecule has 2 bridgehead atoms. The summed E-state index contributed by atoms with van der Waals surface area (Å²) in [5.74, 6) is -0.766. The maximum atomic E-state index is 15.2. The van der Waals surface area contributed by atoms with Crippen molar-refractivity contribution in [2.75, 3.05) is 20.8 Å². The Morgan fingerprint density at radius 3 is 2.61 bits per heavy atom. The van der Waals surface area contributed by atoms with E-state index in [2.05, 4.69) is 20.6 Å². The Morgan fingerprint density at radius 2 is 1.97 bits per heavy atom. The number of nitrogens with one attached hydrogen (secondary N) is 1. The second-order valence-electron chi connectivity index (χ2n) is 8.41. The van der Waals surface area contributed by atoms with Crippen LogP contribution in [0, 0.1) is 12.8 Å². The molecule has 1 aliphatic heterocycles. The molecule has 1 saturated carbocycles. The molecule has 4 unspecified atom stereocenters. The predicted octanol–water partition coefficient (Wildman–Crippen LogP) is 2.41. The summed E-state index contributed by atoms with van der Waals surface area (Å²) in [4.78, 5) is 0. The van der Waals surface area contributed by atoms with Crippen molar-refractivity contribution in [1.82, 2.24) is 25.3 Å². The van der Waals surface area contributed by atoms with Gasteiger partial charge in [0.05, 0.1) is 23.1 Å². The summed E-state index contributed by atoms with van der Waals surface area (Å²) >= 11 is 0. The number of nitrogens with zero attached hydrogens (tertiary/aromatic N) is 4. The van der Waals surface area contributed by atoms with E-state index in [4.69, 9.17) is 14.2 Å². The number of aromatic nitrogens is 4. The SMILES string of the molecule is COC1(OC)C2CNC1C(F)C(Oc1ccc(-c3ccc(-n4ccc(C)n4)cc3O)nn1)C2. The van der Waals surface area contributed by atoms with Crippen molar-refractivity contribution in [2.45, 2.75) is 37.4 Å². The number of rotatable bonds is 6. The van der Waals surface area contributed by atoms with Gasteiger partial charge in [0.2, 0.25) is 5.88 Å². The molecule has 1 aliphatic carbocycles. The van der Waals surface area contributed by atoms with Crippen LogP contribution >= 0.6 is 0 Å². The van der Waals surface area contributed by atoms with Crippen LogP contribution in [0.25, 0.3) is 16.9 Å². The molecule has 0 spiro atoms. The third-order valence-electron chi connectivity index (χ3n) is 6.57. The van der Waals surface area contributed by atoms with Crippen molar-refractivity contribution in [3.63, 3.8) is 0 Å². The third-order valence-corrected chi connectivity index (χ3v) is 6.57. The summed E-state index contributed by atoms with van der Waals surface area (Å²) in [6.07, 6.45) is 0.209. The van der Waals surface area contributed by atoms with Crippen molar-refractivity contribution in [2.24, 2.45) is 5.92 Å². The van der Waals surface area contributed by atoms with Crippen LogP contribution in [0.15, 0.2) is 42.6 Å². The molecule has 10 heteroatoms. The van der Waals surface area contributed by atoms with Gasteiger partial charge < -0.3 is 24.6 Å². The molecule has 1 saturated heterocycles. The maximum absolute atomic E-state index is 15.2. The largest absolute Gasteiger partial charge is 0.507 e. The molecule has 3 heterocycles. The molecular formula is C23H26FN5O4. The lowest BCUT2D eigenvalue weighted by Crippen LogP contribution is -2.62. The number of alkyl halides is 1. The number of methoxy groups -OCH3 is 2. The lowest BCUT2D eigenvalue weighted by atomic mass is 9.80. The first-order chi connectivity index (χ1) is 15.9. The molecule has 1 aromatic carbocycles. The Kier molecular flexibility index (Phi) is 5.51. The summed E-state index contributed by atoms with van der Waals surface area (Å²) in [5, 5.41) is 26.3. The van der Waals surface area contributed by atoms with Crippen LogP contribution in [-0.2, 0) is 9.47 Å². The number of phenolic OH excluding ortho intramolecular Hbond substituents is 1. The Bertz CT molecular complexity index is 1130. The van der Waals surface area contributed by atoms with E-state index in [1.54, 1.807) is 28.9 Å². The number of hydrogen-bond acceptors (Lipinski definition) is 8. The van der Waals surface area contributed by atoms with Crippen LogP contribution in [0.1, 0.15) is 12.1 Å². The van der Waals surface area contributed by atoms with Crippen LogP contribution in [-0.4, -0.2) is 70.0 Å². The topological polar surface area (TPSA) is 104 Å². The lowest BCUT2D eigenvalue weighted by molar-refractivity contribution is -0.264. The summed E-state index contributed by atoms with van der Waals surface area (Å²) in [5.41, 5.74) is 2.61. The van der Waals surface area contributed by atoms with E-state index in [0.29, 0.717) is 24.2 Å². The molecule has 2 aromatic heterocycles. The minimum Gasteiger partial charge on any atom is -0.507 e. The molecule has 3 aromatic rings. The number of ether oxygens (including phenoxy) is 3. The van der Waals surface area contributed by atoms with E-state index in [-0.39, 0.29) is 17.5 Å². The number of fused-ring (bicyclic) bond motifs is 2. The minimum atomic E-state index is -1.34. The van der Waals surface area contributed by atoms with Gasteiger partial charge in [-0.3, -0.25) is 0 Å². The van der Waals surface area contributed by atoms with Gasteiger partial charge in [-0.15, -0.1) is 10.2 Å². The number of benzene rings is 1. The van der Waals surface area contributed by atoms with Crippen molar-refractivity contribution in [3.8, 4) is 28.6 Å². The highest BCUT2D eigenvalue weighted by atomic mass is 19.1. The monoisotopic (exact) mass is 455 g/mol. The zero-order valence-corrected chi connectivity index (χ0v) is 18.6. The van der Waals surface area contributed by atoms with Gasteiger partial charge >= 0.3 is 0 Å². The molecule has 174 valence electrons. The van der Waals surface area contributed by atoms with E-state index in [1.807, 2.05) is 25.3 Å². The summed E-state index contributed by atoms with van der Waals surface area (Å²) in [7, 11) is 3.07. The van der Waals surface area contributed by atoms with Crippen molar-refractivity contribution in [1.29, 1.82) is 0 Å². The average Bonchev–Trinajstić information content (AvgIpc) is 3.38. The van der Waals surface area contributed by atoms with Gasteiger partial charge in [-0.2, -0.15) is 5.10 Å². The highest BCUT2D eigenvalue weighted by molar-refractivity contribution is 5.68. The molecule has 2 N–H and O–H groups in total. The Hall–Kier alpha value is -3.08. The number of hydrogen-bond donors (Lipinski definition) is 2. The van der Waals surface area contributed by atoms with Crippen LogP contribution in [0.2, 0.25) is 0 Å². The average molecular weight is 455 g/mol. The van der Waals surface area contributed by atoms with E-state index in [1.165, 1.54) is 14.2 Å². The molecule has 33 heavy (non-hydrogen) atoms. The predicted molar refractivity (Wildman–Crippen MR) is 117 cm³/mol. The van der Waals surface area contributed by atoms with Crippen molar-refractivity contribution >= 4 is 0 Å². The summed E-state index contributed by atoms with van der Waals surface area (Å²) < 4.78 is 33.9. The Labute approximate surface area is 190 Å². The standard InChI is InChI=1S/C23H26FN5O4/c1-13-8-9-29(28-13)15-4-5-16(18(30)11-15)17-6-7-20(27-26-17)33-19-10-14-12-25-22(21(19)24)23(14,31-2)32-3/h4-9,11,14,19,21-22,25,30H,10,12H2,1-3H3. The quantitative estimate of drug-likeness (QED) is 0.547. The first-order valence-corrected chi connectivity index (χ1v) is 10.8. The van der Waals surface area contributed by atoms with Crippen LogP contribution < -0.4 is 10.1 Å². The third kappa shape index (κ3) is 3.64. The zero-order chi connectivity index (χ0) is 23.2. The van der Waals surface area contributed by atoms with Gasteiger partial charge in [-0.05, 0) is 37.6 Å². The van der Waals surface area contributed by atoms with Crippen molar-refractivity contribution in [3.05, 3.63) is 48.3 Å². The second kappa shape index (κ2) is 8.36. The van der Waals surface area contributed by atoms with E-state index in [9.17, 15) is 5.11 Å². The molecule has 9 nitrogen and oxygen atoms in total. The van der Waals surface area contributed by atoms with Crippen LogP contribution in [0.5, 0.6) is 11.6 Å². The highest BCUT2D eigenvalue weighted by Gasteiger charge is 2.61. The molecule has 2 aliphatic rings. The highest BCUT2D eigenvalue weighted by Crippen LogP contribution is 2.43. The first-order valence-electron chi connectivity index (χ1n) is 10.8.